The summed E-state index contributed by atoms with van der Waals surface area (Å²) in [6.07, 6.45) is -1.12. The van der Waals surface area contributed by atoms with Crippen LogP contribution in [0, 0.1) is 0 Å². The van der Waals surface area contributed by atoms with Gasteiger partial charge in [0.25, 0.3) is 0 Å². The lowest BCUT2D eigenvalue weighted by Crippen LogP contribution is -2.30. The van der Waals surface area contributed by atoms with Crippen molar-refractivity contribution in [1.82, 2.24) is 5.32 Å². The van der Waals surface area contributed by atoms with Gasteiger partial charge in [-0.15, -0.1) is 0 Å². The van der Waals surface area contributed by atoms with E-state index in [-0.39, 0.29) is 12.5 Å². The summed E-state index contributed by atoms with van der Waals surface area (Å²) in [6.45, 7) is 6.25. The van der Waals surface area contributed by atoms with Crippen molar-refractivity contribution in [3.8, 4) is 0 Å². The fraction of sp³-hybridized carbons (Fsp3) is 1.00. The van der Waals surface area contributed by atoms with Crippen LogP contribution in [0.2, 0.25) is 0 Å². The Balaban J connectivity index is 3.76. The number of hydrogen-bond donors (Lipinski definition) is 1. The van der Waals surface area contributed by atoms with Crippen molar-refractivity contribution in [2.24, 2.45) is 0 Å². The first-order chi connectivity index (χ1) is 8.49. The van der Waals surface area contributed by atoms with Gasteiger partial charge in [0.2, 0.25) is 0 Å². The van der Waals surface area contributed by atoms with E-state index in [0.717, 1.165) is 25.8 Å². The first-order valence-corrected chi connectivity index (χ1v) is 6.87. The highest BCUT2D eigenvalue weighted by Crippen LogP contribution is 2.23. The van der Waals surface area contributed by atoms with Crippen LogP contribution in [-0.2, 0) is 4.74 Å². The fourth-order valence-corrected chi connectivity index (χ4v) is 1.82. The Morgan fingerprint density at radius 3 is 2.33 bits per heavy atom. The van der Waals surface area contributed by atoms with Crippen molar-refractivity contribution >= 4 is 0 Å². The molecule has 0 fully saturated rings. The molecule has 0 spiro atoms. The minimum Gasteiger partial charge on any atom is -0.382 e. The second-order valence-corrected chi connectivity index (χ2v) is 4.50. The van der Waals surface area contributed by atoms with Gasteiger partial charge in [0, 0.05) is 25.7 Å². The molecule has 0 rings (SSSR count). The predicted octanol–water partition coefficient (Wildman–Crippen LogP) is 3.90. The zero-order chi connectivity index (χ0) is 13.9. The lowest BCUT2D eigenvalue weighted by molar-refractivity contribution is -0.135. The molecule has 1 N–H and O–H groups in total. The molecule has 0 aliphatic carbocycles. The Kier molecular flexibility index (Phi) is 10.4. The van der Waals surface area contributed by atoms with Crippen molar-refractivity contribution in [2.75, 3.05) is 19.8 Å². The molecule has 0 amide bonds. The van der Waals surface area contributed by atoms with Crippen LogP contribution in [0.5, 0.6) is 0 Å². The van der Waals surface area contributed by atoms with Crippen LogP contribution in [0.4, 0.5) is 13.2 Å². The van der Waals surface area contributed by atoms with Crippen LogP contribution in [0.25, 0.3) is 0 Å². The summed E-state index contributed by atoms with van der Waals surface area (Å²) in [6, 6.07) is 0.188. The molecule has 0 radical (unpaired) electrons. The van der Waals surface area contributed by atoms with E-state index in [1.165, 1.54) is 0 Å². The number of alkyl halides is 3. The summed E-state index contributed by atoms with van der Waals surface area (Å²) in [5.41, 5.74) is 0. The van der Waals surface area contributed by atoms with Crippen LogP contribution in [0.1, 0.15) is 52.4 Å². The number of ether oxygens (including phenoxy) is 1. The average molecular weight is 269 g/mol. The monoisotopic (exact) mass is 269 g/mol. The lowest BCUT2D eigenvalue weighted by atomic mass is 10.0. The first kappa shape index (κ1) is 17.7. The lowest BCUT2D eigenvalue weighted by Gasteiger charge is -2.18. The largest absolute Gasteiger partial charge is 0.389 e. The van der Waals surface area contributed by atoms with Gasteiger partial charge < -0.3 is 10.1 Å². The molecule has 0 aromatic rings. The molecule has 1 unspecified atom stereocenters. The quantitative estimate of drug-likeness (QED) is 0.574. The molecule has 0 heterocycles. The van der Waals surface area contributed by atoms with Crippen molar-refractivity contribution in [2.45, 2.75) is 64.6 Å². The molecule has 0 bridgehead atoms. The maximum absolute atomic E-state index is 12.1. The molecule has 2 nitrogen and oxygen atoms in total. The molecule has 110 valence electrons. The van der Waals surface area contributed by atoms with Crippen molar-refractivity contribution in [3.05, 3.63) is 0 Å². The van der Waals surface area contributed by atoms with Crippen molar-refractivity contribution < 1.29 is 17.9 Å². The number of rotatable bonds is 11. The van der Waals surface area contributed by atoms with E-state index in [1.807, 2.05) is 6.92 Å². The Bertz CT molecular complexity index is 186. The standard InChI is InChI=1S/C13H26F3NO/c1-3-10-17-12(8-6-11-18-4-2)7-5-9-13(14,15)16/h12,17H,3-11H2,1-2H3. The number of hydrogen-bond acceptors (Lipinski definition) is 2. The van der Waals surface area contributed by atoms with Crippen LogP contribution in [0.15, 0.2) is 0 Å². The molecule has 0 aromatic heterocycles. The number of nitrogens with one attached hydrogen (secondary N) is 1. The van der Waals surface area contributed by atoms with E-state index in [9.17, 15) is 13.2 Å². The van der Waals surface area contributed by atoms with Gasteiger partial charge in [-0.3, -0.25) is 0 Å². The van der Waals surface area contributed by atoms with Gasteiger partial charge in [0.1, 0.15) is 0 Å². The van der Waals surface area contributed by atoms with E-state index in [0.29, 0.717) is 19.6 Å². The van der Waals surface area contributed by atoms with E-state index >= 15 is 0 Å². The van der Waals surface area contributed by atoms with E-state index in [1.54, 1.807) is 0 Å². The zero-order valence-corrected chi connectivity index (χ0v) is 11.5. The smallest absolute Gasteiger partial charge is 0.382 e. The molecule has 0 saturated carbocycles. The van der Waals surface area contributed by atoms with E-state index in [4.69, 9.17) is 4.74 Å². The van der Waals surface area contributed by atoms with Crippen LogP contribution < -0.4 is 5.32 Å². The molecule has 5 heteroatoms. The van der Waals surface area contributed by atoms with Gasteiger partial charge in [-0.25, -0.2) is 0 Å². The third-order valence-electron chi connectivity index (χ3n) is 2.74. The second kappa shape index (κ2) is 10.6. The third-order valence-corrected chi connectivity index (χ3v) is 2.74. The minimum atomic E-state index is -4.03. The number of halogens is 3. The first-order valence-electron chi connectivity index (χ1n) is 6.87. The second-order valence-electron chi connectivity index (χ2n) is 4.50. The summed E-state index contributed by atoms with van der Waals surface area (Å²) in [5.74, 6) is 0. The highest BCUT2D eigenvalue weighted by atomic mass is 19.4. The van der Waals surface area contributed by atoms with E-state index < -0.39 is 12.6 Å². The van der Waals surface area contributed by atoms with Gasteiger partial charge >= 0.3 is 6.18 Å². The Hall–Kier alpha value is -0.290. The van der Waals surface area contributed by atoms with Gasteiger partial charge in [0.05, 0.1) is 0 Å². The summed E-state index contributed by atoms with van der Waals surface area (Å²) < 4.78 is 41.4. The molecule has 0 aliphatic rings. The highest BCUT2D eigenvalue weighted by Gasteiger charge is 2.26. The molecule has 0 saturated heterocycles. The fourth-order valence-electron chi connectivity index (χ4n) is 1.82. The summed E-state index contributed by atoms with van der Waals surface area (Å²) >= 11 is 0. The van der Waals surface area contributed by atoms with Crippen LogP contribution in [0.3, 0.4) is 0 Å². The molecule has 18 heavy (non-hydrogen) atoms. The van der Waals surface area contributed by atoms with Gasteiger partial charge in [0.15, 0.2) is 0 Å². The van der Waals surface area contributed by atoms with E-state index in [2.05, 4.69) is 12.2 Å². The zero-order valence-electron chi connectivity index (χ0n) is 11.5. The summed E-state index contributed by atoms with van der Waals surface area (Å²) in [5, 5.41) is 3.31. The summed E-state index contributed by atoms with van der Waals surface area (Å²) in [4.78, 5) is 0. The minimum absolute atomic E-state index is 0.188. The van der Waals surface area contributed by atoms with Crippen molar-refractivity contribution in [3.63, 3.8) is 0 Å². The molecule has 1 atom stereocenters. The van der Waals surface area contributed by atoms with Gasteiger partial charge in [-0.2, -0.15) is 13.2 Å². The predicted molar refractivity (Wildman–Crippen MR) is 67.7 cm³/mol. The SMILES string of the molecule is CCCNC(CCCOCC)CCCC(F)(F)F. The van der Waals surface area contributed by atoms with Gasteiger partial charge in [-0.05, 0) is 45.6 Å². The van der Waals surface area contributed by atoms with Crippen LogP contribution >= 0.6 is 0 Å². The average Bonchev–Trinajstić information content (AvgIpc) is 2.29. The highest BCUT2D eigenvalue weighted by molar-refractivity contribution is 4.68. The Morgan fingerprint density at radius 2 is 1.78 bits per heavy atom. The maximum atomic E-state index is 12.1. The normalized spacial score (nSPS) is 13.8. The topological polar surface area (TPSA) is 21.3 Å². The van der Waals surface area contributed by atoms with Crippen molar-refractivity contribution in [1.29, 1.82) is 0 Å². The van der Waals surface area contributed by atoms with Gasteiger partial charge in [-0.1, -0.05) is 6.92 Å². The molecular weight excluding hydrogens is 243 g/mol. The Labute approximate surface area is 108 Å². The Morgan fingerprint density at radius 1 is 1.11 bits per heavy atom. The maximum Gasteiger partial charge on any atom is 0.389 e. The summed E-state index contributed by atoms with van der Waals surface area (Å²) in [7, 11) is 0. The molecular formula is C13H26F3NO. The molecule has 0 aromatic carbocycles. The third kappa shape index (κ3) is 12.2. The molecule has 0 aliphatic heterocycles. The van der Waals surface area contributed by atoms with Crippen LogP contribution in [-0.4, -0.2) is 32.0 Å².